The fourth-order valence-corrected chi connectivity index (χ4v) is 6.93. The summed E-state index contributed by atoms with van der Waals surface area (Å²) >= 11 is 1.29. The molecule has 0 unspecified atom stereocenters. The topological polar surface area (TPSA) is 151 Å². The summed E-state index contributed by atoms with van der Waals surface area (Å²) in [5.41, 5.74) is 6.41. The van der Waals surface area contributed by atoms with Crippen LogP contribution in [-0.2, 0) is 27.7 Å². The maximum atomic E-state index is 13.0. The molecule has 13 heteroatoms. The zero-order valence-electron chi connectivity index (χ0n) is 20.1. The van der Waals surface area contributed by atoms with Crippen molar-refractivity contribution in [1.82, 2.24) is 14.5 Å². The molecule has 1 aromatic heterocycles. The Morgan fingerprint density at radius 1 is 1.06 bits per heavy atom. The predicted molar refractivity (Wildman–Crippen MR) is 135 cm³/mol. The number of carbonyl (C=O) groups is 3. The molecule has 0 radical (unpaired) electrons. The fraction of sp³-hybridized carbons (Fsp3) is 0.435. The smallest absolute Gasteiger partial charge is 0.319 e. The number of nitrogens with one attached hydrogen (secondary N) is 2. The highest BCUT2D eigenvalue weighted by molar-refractivity contribution is 7.89. The molecular weight excluding hydrogens is 506 g/mol. The van der Waals surface area contributed by atoms with Gasteiger partial charge in [-0.25, -0.2) is 13.2 Å². The first kappa shape index (κ1) is 26.2. The first-order valence-electron chi connectivity index (χ1n) is 11.6. The summed E-state index contributed by atoms with van der Waals surface area (Å²) in [5.74, 6) is -1.17. The number of hydrogen-bond donors (Lipinski definition) is 3. The van der Waals surface area contributed by atoms with E-state index >= 15 is 0 Å². The van der Waals surface area contributed by atoms with Crippen molar-refractivity contribution < 1.29 is 27.5 Å². The highest BCUT2D eigenvalue weighted by Crippen LogP contribution is 2.38. The van der Waals surface area contributed by atoms with E-state index in [0.29, 0.717) is 37.2 Å². The van der Waals surface area contributed by atoms with Gasteiger partial charge in [0.05, 0.1) is 23.7 Å². The number of morpholine rings is 1. The number of hydrogen-bond acceptors (Lipinski definition) is 8. The molecule has 0 spiro atoms. The molecule has 1 aromatic carbocycles. The van der Waals surface area contributed by atoms with E-state index in [1.807, 2.05) is 0 Å². The number of nitrogens with two attached hydrogens (primary N) is 1. The minimum absolute atomic E-state index is 0.0860. The van der Waals surface area contributed by atoms with Crippen LogP contribution >= 0.6 is 11.3 Å². The van der Waals surface area contributed by atoms with Crippen LogP contribution in [0, 0.1) is 0 Å². The van der Waals surface area contributed by atoms with Gasteiger partial charge in [-0.15, -0.1) is 11.3 Å². The van der Waals surface area contributed by atoms with Gasteiger partial charge in [0.25, 0.3) is 11.8 Å². The summed E-state index contributed by atoms with van der Waals surface area (Å²) in [6, 6.07) is 4.97. The lowest BCUT2D eigenvalue weighted by Crippen LogP contribution is -2.40. The molecule has 4 N–H and O–H groups in total. The molecule has 2 aromatic rings. The van der Waals surface area contributed by atoms with Gasteiger partial charge in [0.1, 0.15) is 5.00 Å². The number of thiophene rings is 1. The lowest BCUT2D eigenvalue weighted by Gasteiger charge is -2.30. The maximum absolute atomic E-state index is 13.0. The van der Waals surface area contributed by atoms with Crippen LogP contribution in [0.2, 0.25) is 0 Å². The molecule has 1 fully saturated rings. The number of carbonyl (C=O) groups excluding carboxylic acids is 3. The Bertz CT molecular complexity index is 1270. The summed E-state index contributed by atoms with van der Waals surface area (Å²) < 4.78 is 32.2. The molecule has 1 saturated heterocycles. The molecule has 2 aliphatic rings. The second-order valence-electron chi connectivity index (χ2n) is 8.84. The van der Waals surface area contributed by atoms with E-state index in [9.17, 15) is 22.8 Å². The third-order valence-corrected chi connectivity index (χ3v) is 9.28. The van der Waals surface area contributed by atoms with Crippen LogP contribution in [-0.4, -0.2) is 74.4 Å². The second-order valence-corrected chi connectivity index (χ2v) is 11.9. The molecule has 0 saturated carbocycles. The summed E-state index contributed by atoms with van der Waals surface area (Å²) in [4.78, 5) is 40.5. The molecule has 4 rings (SSSR count). The van der Waals surface area contributed by atoms with Crippen LogP contribution in [0.3, 0.4) is 0 Å². The summed E-state index contributed by atoms with van der Waals surface area (Å²) in [6.45, 7) is 6.77. The van der Waals surface area contributed by atoms with Crippen LogP contribution in [0.4, 0.5) is 9.80 Å². The van der Waals surface area contributed by atoms with Gasteiger partial charge in [-0.2, -0.15) is 4.31 Å². The Balaban J connectivity index is 1.57. The third kappa shape index (κ3) is 5.44. The Hall–Kier alpha value is -2.84. The number of anilines is 1. The van der Waals surface area contributed by atoms with Crippen LogP contribution in [0.5, 0.6) is 0 Å². The van der Waals surface area contributed by atoms with Crippen molar-refractivity contribution in [3.63, 3.8) is 0 Å². The highest BCUT2D eigenvalue weighted by atomic mass is 32.2. The third-order valence-electron chi connectivity index (χ3n) is 6.23. The molecule has 4 amide bonds. The number of benzene rings is 1. The van der Waals surface area contributed by atoms with Crippen molar-refractivity contribution in [2.45, 2.75) is 37.8 Å². The molecular formula is C23H29N5O6S2. The fourth-order valence-electron chi connectivity index (χ4n) is 4.26. The van der Waals surface area contributed by atoms with Crippen LogP contribution in [0.15, 0.2) is 29.2 Å². The molecule has 0 aliphatic carbocycles. The number of rotatable bonds is 6. The summed E-state index contributed by atoms with van der Waals surface area (Å²) in [6.07, 6.45) is 0.593. The average Bonchev–Trinajstić information content (AvgIpc) is 3.21. The van der Waals surface area contributed by atoms with E-state index in [2.05, 4.69) is 29.4 Å². The molecule has 3 heterocycles. The van der Waals surface area contributed by atoms with Gasteiger partial charge in [-0.3, -0.25) is 19.8 Å². The standard InChI is InChI=1S/C23H29N5O6S2/c1-14(2)27-8-7-17-18(13-27)35-22(19(17)21(30)26-23(24)31)25-20(29)15-3-5-16(6-4-15)36(32,33)28-9-11-34-12-10-28/h3-6,14H,7-13H2,1-2H3,(H,25,29)(H3,24,26,30,31). The van der Waals surface area contributed by atoms with Crippen molar-refractivity contribution in [2.24, 2.45) is 5.73 Å². The number of sulfonamides is 1. The van der Waals surface area contributed by atoms with Gasteiger partial charge >= 0.3 is 6.03 Å². The maximum Gasteiger partial charge on any atom is 0.319 e. The number of primary amides is 1. The number of urea groups is 1. The van der Waals surface area contributed by atoms with Gasteiger partial charge in [0.2, 0.25) is 10.0 Å². The Kier molecular flexibility index (Phi) is 7.76. The van der Waals surface area contributed by atoms with Crippen molar-refractivity contribution in [3.8, 4) is 0 Å². The minimum Gasteiger partial charge on any atom is -0.379 e. The van der Waals surface area contributed by atoms with Crippen molar-refractivity contribution in [3.05, 3.63) is 45.8 Å². The number of imide groups is 1. The quantitative estimate of drug-likeness (QED) is 0.508. The lowest BCUT2D eigenvalue weighted by atomic mass is 10.0. The van der Waals surface area contributed by atoms with Crippen molar-refractivity contribution in [1.29, 1.82) is 0 Å². The minimum atomic E-state index is -3.69. The van der Waals surface area contributed by atoms with Gasteiger partial charge < -0.3 is 15.8 Å². The first-order valence-corrected chi connectivity index (χ1v) is 13.8. The number of nitrogens with zero attached hydrogens (tertiary/aromatic N) is 2. The highest BCUT2D eigenvalue weighted by Gasteiger charge is 2.30. The molecule has 36 heavy (non-hydrogen) atoms. The molecule has 0 atom stereocenters. The molecule has 194 valence electrons. The normalized spacial score (nSPS) is 17.0. The zero-order chi connectivity index (χ0) is 26.0. The predicted octanol–water partition coefficient (Wildman–Crippen LogP) is 1.60. The van der Waals surface area contributed by atoms with E-state index in [1.54, 1.807) is 0 Å². The second kappa shape index (κ2) is 10.6. The van der Waals surface area contributed by atoms with E-state index in [4.69, 9.17) is 10.5 Å². The van der Waals surface area contributed by atoms with E-state index < -0.39 is 27.9 Å². The Morgan fingerprint density at radius 3 is 2.33 bits per heavy atom. The van der Waals surface area contributed by atoms with Gasteiger partial charge in [-0.05, 0) is 50.1 Å². The van der Waals surface area contributed by atoms with Gasteiger partial charge in [0, 0.05) is 42.7 Å². The number of ether oxygens (including phenoxy) is 1. The molecule has 11 nitrogen and oxygen atoms in total. The molecule has 2 aliphatic heterocycles. The van der Waals surface area contributed by atoms with E-state index in [-0.39, 0.29) is 29.1 Å². The van der Waals surface area contributed by atoms with Gasteiger partial charge in [0.15, 0.2) is 0 Å². The lowest BCUT2D eigenvalue weighted by molar-refractivity contribution is 0.0730. The van der Waals surface area contributed by atoms with Crippen LogP contribution in [0.1, 0.15) is 45.0 Å². The zero-order valence-corrected chi connectivity index (χ0v) is 21.7. The summed E-state index contributed by atoms with van der Waals surface area (Å²) in [5, 5.41) is 5.19. The van der Waals surface area contributed by atoms with E-state index in [1.165, 1.54) is 39.9 Å². The SMILES string of the molecule is CC(C)N1CCc2c(sc(NC(=O)c3ccc(S(=O)(=O)N4CCOCC4)cc3)c2C(=O)NC(N)=O)C1. The summed E-state index contributed by atoms with van der Waals surface area (Å²) in [7, 11) is -3.69. The molecule has 0 bridgehead atoms. The Morgan fingerprint density at radius 2 is 1.72 bits per heavy atom. The van der Waals surface area contributed by atoms with Crippen molar-refractivity contribution >= 4 is 44.2 Å². The largest absolute Gasteiger partial charge is 0.379 e. The van der Waals surface area contributed by atoms with Crippen LogP contribution in [0.25, 0.3) is 0 Å². The van der Waals surface area contributed by atoms with Crippen LogP contribution < -0.4 is 16.4 Å². The monoisotopic (exact) mass is 535 g/mol. The Labute approximate surface area is 213 Å². The average molecular weight is 536 g/mol. The number of fused-ring (bicyclic) bond motifs is 1. The van der Waals surface area contributed by atoms with Gasteiger partial charge in [-0.1, -0.05) is 0 Å². The van der Waals surface area contributed by atoms with E-state index in [0.717, 1.165) is 17.0 Å². The number of amides is 4. The first-order chi connectivity index (χ1) is 17.1. The van der Waals surface area contributed by atoms with Crippen molar-refractivity contribution in [2.75, 3.05) is 38.2 Å².